The fraction of sp³-hybridized carbons (Fsp3) is 0.538. The van der Waals surface area contributed by atoms with Gasteiger partial charge >= 0.3 is 12.1 Å². The van der Waals surface area contributed by atoms with E-state index < -0.39 is 65.6 Å². The summed E-state index contributed by atoms with van der Waals surface area (Å²) in [6.45, 7) is 7.58. The second kappa shape index (κ2) is 21.6. The van der Waals surface area contributed by atoms with Crippen molar-refractivity contribution in [1.82, 2.24) is 26.6 Å². The molecule has 296 valence electrons. The van der Waals surface area contributed by atoms with Gasteiger partial charge in [-0.15, -0.1) is 0 Å². The van der Waals surface area contributed by atoms with Crippen molar-refractivity contribution in [3.63, 3.8) is 0 Å². The monoisotopic (exact) mass is 752 g/mol. The van der Waals surface area contributed by atoms with E-state index in [1.54, 1.807) is 32.9 Å². The molecule has 1 aliphatic rings. The Morgan fingerprint density at radius 1 is 0.944 bits per heavy atom. The van der Waals surface area contributed by atoms with E-state index >= 15 is 0 Å². The van der Waals surface area contributed by atoms with Crippen LogP contribution in [0, 0.1) is 0 Å². The van der Waals surface area contributed by atoms with Crippen molar-refractivity contribution in [3.8, 4) is 11.1 Å². The van der Waals surface area contributed by atoms with Gasteiger partial charge in [-0.25, -0.2) is 9.59 Å². The van der Waals surface area contributed by atoms with Crippen LogP contribution in [0.5, 0.6) is 0 Å². The van der Waals surface area contributed by atoms with Crippen LogP contribution in [-0.2, 0) is 35.1 Å². The summed E-state index contributed by atoms with van der Waals surface area (Å²) >= 11 is 0. The summed E-state index contributed by atoms with van der Waals surface area (Å²) in [6, 6.07) is 11.7. The topological polar surface area (TPSA) is 227 Å². The van der Waals surface area contributed by atoms with Gasteiger partial charge in [-0.05, 0) is 101 Å². The molecule has 1 saturated heterocycles. The number of nitrogens with two attached hydrogens (primary N) is 1. The average molecular weight is 753 g/mol. The number of nitrogens with one attached hydrogen (secondary N) is 5. The van der Waals surface area contributed by atoms with E-state index in [9.17, 15) is 33.9 Å². The molecular formula is C39H56N6O9. The fourth-order valence-electron chi connectivity index (χ4n) is 5.59. The van der Waals surface area contributed by atoms with Crippen LogP contribution in [0.4, 0.5) is 4.79 Å². The van der Waals surface area contributed by atoms with E-state index in [0.717, 1.165) is 30.4 Å². The van der Waals surface area contributed by atoms with Gasteiger partial charge in [0.1, 0.15) is 23.7 Å². The maximum absolute atomic E-state index is 13.8. The van der Waals surface area contributed by atoms with E-state index in [1.165, 1.54) is 5.56 Å². The highest BCUT2D eigenvalue weighted by molar-refractivity contribution is 5.99. The lowest BCUT2D eigenvalue weighted by atomic mass is 10.0. The van der Waals surface area contributed by atoms with Crippen LogP contribution in [0.2, 0.25) is 0 Å². The molecule has 15 heteroatoms. The quantitative estimate of drug-likeness (QED) is 0.140. The summed E-state index contributed by atoms with van der Waals surface area (Å²) in [6.07, 6.45) is 3.09. The third kappa shape index (κ3) is 15.1. The summed E-state index contributed by atoms with van der Waals surface area (Å²) in [4.78, 5) is 76.7. The molecule has 0 spiro atoms. The van der Waals surface area contributed by atoms with Gasteiger partial charge in [0.15, 0.2) is 6.17 Å². The normalized spacial score (nSPS) is 19.0. The first-order valence-corrected chi connectivity index (χ1v) is 18.6. The van der Waals surface area contributed by atoms with Crippen molar-refractivity contribution in [2.24, 2.45) is 5.73 Å². The lowest BCUT2D eigenvalue weighted by Gasteiger charge is -2.24. The molecule has 1 aliphatic heterocycles. The zero-order valence-electron chi connectivity index (χ0n) is 31.7. The third-order valence-corrected chi connectivity index (χ3v) is 8.61. The molecule has 4 atom stereocenters. The number of carboxylic acid groups (broad SMARTS) is 1. The lowest BCUT2D eigenvalue weighted by molar-refractivity contribution is -0.142. The molecule has 0 radical (unpaired) electrons. The van der Waals surface area contributed by atoms with Crippen LogP contribution in [0.25, 0.3) is 11.1 Å². The molecule has 2 aromatic rings. The van der Waals surface area contributed by atoms with Gasteiger partial charge < -0.3 is 46.9 Å². The van der Waals surface area contributed by atoms with E-state index in [0.29, 0.717) is 31.2 Å². The largest absolute Gasteiger partial charge is 0.480 e. The third-order valence-electron chi connectivity index (χ3n) is 8.61. The van der Waals surface area contributed by atoms with Crippen LogP contribution >= 0.6 is 0 Å². The highest BCUT2D eigenvalue weighted by Gasteiger charge is 2.31. The number of benzene rings is 2. The number of hydrogen-bond donors (Lipinski definition) is 7. The lowest BCUT2D eigenvalue weighted by Crippen LogP contribution is -2.61. The van der Waals surface area contributed by atoms with Gasteiger partial charge in [0.05, 0.1) is 6.61 Å². The minimum Gasteiger partial charge on any atom is -0.480 e. The van der Waals surface area contributed by atoms with Gasteiger partial charge in [0, 0.05) is 18.7 Å². The SMILES string of the molecule is CCCCc1ccc(-c2ccc(C(=O)NC(CCCCNC(=O)OC(C)(C)C)C(=O)NC3COCCCCC(C(=O)O)NC(=O)C(N)NC3=O)cc2)cc1. The number of unbranched alkanes of at least 4 members (excludes halogenated alkanes) is 2. The van der Waals surface area contributed by atoms with Crippen molar-refractivity contribution < 1.29 is 43.3 Å². The minimum absolute atomic E-state index is 0.134. The van der Waals surface area contributed by atoms with Gasteiger partial charge in [0.25, 0.3) is 11.8 Å². The second-order valence-electron chi connectivity index (χ2n) is 14.3. The summed E-state index contributed by atoms with van der Waals surface area (Å²) in [5.74, 6) is -4.16. The van der Waals surface area contributed by atoms with Crippen LogP contribution in [0.1, 0.15) is 95.0 Å². The van der Waals surface area contributed by atoms with Crippen molar-refractivity contribution in [2.45, 2.75) is 115 Å². The molecule has 0 aliphatic carbocycles. The molecule has 0 saturated carbocycles. The zero-order valence-corrected chi connectivity index (χ0v) is 31.7. The van der Waals surface area contributed by atoms with Gasteiger partial charge in [-0.1, -0.05) is 49.7 Å². The first kappa shape index (κ1) is 43.4. The van der Waals surface area contributed by atoms with E-state index in [2.05, 4.69) is 45.6 Å². The molecule has 15 nitrogen and oxygen atoms in total. The predicted molar refractivity (Wildman–Crippen MR) is 202 cm³/mol. The maximum Gasteiger partial charge on any atom is 0.407 e. The Hall–Kier alpha value is -5.02. The fourth-order valence-corrected chi connectivity index (χ4v) is 5.59. The van der Waals surface area contributed by atoms with Crippen LogP contribution in [0.15, 0.2) is 48.5 Å². The zero-order chi connectivity index (χ0) is 39.7. The number of aryl methyl sites for hydroxylation is 1. The van der Waals surface area contributed by atoms with Crippen molar-refractivity contribution in [1.29, 1.82) is 0 Å². The number of ether oxygens (including phenoxy) is 2. The van der Waals surface area contributed by atoms with Crippen molar-refractivity contribution >= 4 is 35.7 Å². The van der Waals surface area contributed by atoms with Gasteiger partial charge in [-0.2, -0.15) is 0 Å². The molecule has 2 aromatic carbocycles. The van der Waals surface area contributed by atoms with Crippen LogP contribution in [0.3, 0.4) is 0 Å². The first-order valence-electron chi connectivity index (χ1n) is 18.6. The Kier molecular flexibility index (Phi) is 17.4. The molecule has 0 bridgehead atoms. The molecular weight excluding hydrogens is 696 g/mol. The Morgan fingerprint density at radius 2 is 1.61 bits per heavy atom. The summed E-state index contributed by atoms with van der Waals surface area (Å²) in [5.41, 5.74) is 8.72. The number of amides is 5. The van der Waals surface area contributed by atoms with Crippen LogP contribution < -0.4 is 32.3 Å². The number of carboxylic acids is 1. The molecule has 3 rings (SSSR count). The van der Waals surface area contributed by atoms with Gasteiger partial charge in [-0.3, -0.25) is 19.2 Å². The Bertz CT molecular complexity index is 1560. The second-order valence-corrected chi connectivity index (χ2v) is 14.3. The number of aliphatic carboxylic acids is 1. The summed E-state index contributed by atoms with van der Waals surface area (Å²) < 4.78 is 10.9. The maximum atomic E-state index is 13.8. The molecule has 0 aromatic heterocycles. The number of hydrogen-bond acceptors (Lipinski definition) is 9. The first-order chi connectivity index (χ1) is 25.7. The number of alkyl carbamates (subject to hydrolysis) is 1. The van der Waals surface area contributed by atoms with E-state index in [4.69, 9.17) is 15.2 Å². The van der Waals surface area contributed by atoms with Crippen LogP contribution in [-0.4, -0.2) is 90.4 Å². The smallest absolute Gasteiger partial charge is 0.407 e. The Labute approximate surface area is 316 Å². The molecule has 1 heterocycles. The Morgan fingerprint density at radius 3 is 2.24 bits per heavy atom. The molecule has 8 N–H and O–H groups in total. The number of carbonyl (C=O) groups excluding carboxylic acids is 5. The Balaban J connectivity index is 1.73. The minimum atomic E-state index is -1.60. The van der Waals surface area contributed by atoms with Crippen molar-refractivity contribution in [3.05, 3.63) is 59.7 Å². The highest BCUT2D eigenvalue weighted by Crippen LogP contribution is 2.21. The standard InChI is InChI=1S/C39H56N6O9/c1-5-6-11-25-14-16-26(17-15-25)27-18-20-28(21-19-27)33(46)42-29(12-7-9-22-41-38(52)54-39(2,3)4)34(47)44-31-24-53-23-10-8-13-30(37(50)51)43-36(49)32(40)45-35(31)48/h14-21,29-32H,5-13,22-24,40H2,1-4H3,(H,41,52)(H,42,46)(H,43,49)(H,44,47)(H,45,48)(H,50,51). The average Bonchev–Trinajstić information content (AvgIpc) is 3.13. The number of rotatable bonds is 14. The van der Waals surface area contributed by atoms with Crippen molar-refractivity contribution in [2.75, 3.05) is 19.8 Å². The highest BCUT2D eigenvalue weighted by atomic mass is 16.6. The molecule has 4 unspecified atom stereocenters. The van der Waals surface area contributed by atoms with E-state index in [-0.39, 0.29) is 32.6 Å². The molecule has 1 fully saturated rings. The molecule has 54 heavy (non-hydrogen) atoms. The predicted octanol–water partition coefficient (Wildman–Crippen LogP) is 3.15. The van der Waals surface area contributed by atoms with E-state index in [1.807, 2.05) is 24.3 Å². The summed E-state index contributed by atoms with van der Waals surface area (Å²) in [7, 11) is 0. The molecule has 5 amide bonds. The number of carbonyl (C=O) groups is 6. The summed E-state index contributed by atoms with van der Waals surface area (Å²) in [5, 5.41) is 22.2. The van der Waals surface area contributed by atoms with Gasteiger partial charge in [0.2, 0.25) is 11.8 Å².